The number of methoxy groups -OCH3 is 1. The summed E-state index contributed by atoms with van der Waals surface area (Å²) >= 11 is 0. The molecule has 0 spiro atoms. The molecular formula is C11H14N2O5. The zero-order chi connectivity index (χ0) is 13.5. The molecule has 0 heterocycles. The summed E-state index contributed by atoms with van der Waals surface area (Å²) in [5.74, 6) is 0.156. The van der Waals surface area contributed by atoms with Crippen LogP contribution in [-0.4, -0.2) is 30.8 Å². The minimum absolute atomic E-state index is 0.239. The lowest BCUT2D eigenvalue weighted by Gasteiger charge is -2.11. The van der Waals surface area contributed by atoms with Gasteiger partial charge in [-0.25, -0.2) is 4.79 Å². The highest BCUT2D eigenvalue weighted by Gasteiger charge is 2.09. The summed E-state index contributed by atoms with van der Waals surface area (Å²) in [7, 11) is 1.48. The molecule has 98 valence electrons. The second-order valence-corrected chi connectivity index (χ2v) is 3.33. The van der Waals surface area contributed by atoms with Gasteiger partial charge in [0.15, 0.2) is 6.61 Å². The van der Waals surface area contributed by atoms with Crippen LogP contribution in [0.4, 0.5) is 4.79 Å². The third-order valence-corrected chi connectivity index (χ3v) is 2.07. The van der Waals surface area contributed by atoms with Crippen LogP contribution in [0.25, 0.3) is 0 Å². The molecule has 0 bridgehead atoms. The van der Waals surface area contributed by atoms with E-state index in [1.807, 2.05) is 5.32 Å². The van der Waals surface area contributed by atoms with E-state index in [0.717, 1.165) is 0 Å². The average Bonchev–Trinajstić information content (AvgIpc) is 2.35. The van der Waals surface area contributed by atoms with Crippen molar-refractivity contribution in [3.63, 3.8) is 0 Å². The van der Waals surface area contributed by atoms with Gasteiger partial charge in [-0.3, -0.25) is 10.1 Å². The minimum Gasteiger partial charge on any atom is -0.497 e. The van der Waals surface area contributed by atoms with Gasteiger partial charge in [0.1, 0.15) is 11.5 Å². The number of aliphatic hydroxyl groups excluding tert-OH is 1. The van der Waals surface area contributed by atoms with Crippen LogP contribution in [0.3, 0.4) is 0 Å². The molecule has 4 N–H and O–H groups in total. The number of carbonyl (C=O) groups excluding carboxylic acids is 2. The lowest BCUT2D eigenvalue weighted by molar-refractivity contribution is -0.121. The number of ether oxygens (including phenoxy) is 2. The predicted octanol–water partition coefficient (Wildman–Crippen LogP) is -0.239. The van der Waals surface area contributed by atoms with Crippen LogP contribution in [0.15, 0.2) is 18.2 Å². The van der Waals surface area contributed by atoms with Crippen molar-refractivity contribution < 1.29 is 24.2 Å². The first kappa shape index (κ1) is 13.8. The molecule has 7 nitrogen and oxygen atoms in total. The summed E-state index contributed by atoms with van der Waals surface area (Å²) in [6.07, 6.45) is 0. The zero-order valence-electron chi connectivity index (χ0n) is 9.80. The topological polar surface area (TPSA) is 111 Å². The van der Waals surface area contributed by atoms with Gasteiger partial charge in [-0.05, 0) is 12.1 Å². The van der Waals surface area contributed by atoms with E-state index < -0.39 is 11.9 Å². The quantitative estimate of drug-likeness (QED) is 0.671. The van der Waals surface area contributed by atoms with Gasteiger partial charge < -0.3 is 20.3 Å². The van der Waals surface area contributed by atoms with Gasteiger partial charge in [0.2, 0.25) is 0 Å². The number of rotatable bonds is 5. The van der Waals surface area contributed by atoms with Crippen molar-refractivity contribution in [3.05, 3.63) is 23.8 Å². The monoisotopic (exact) mass is 254 g/mol. The van der Waals surface area contributed by atoms with Gasteiger partial charge in [-0.2, -0.15) is 0 Å². The number of nitrogens with one attached hydrogen (secondary N) is 1. The summed E-state index contributed by atoms with van der Waals surface area (Å²) in [4.78, 5) is 21.6. The maximum atomic E-state index is 11.2. The molecule has 0 fully saturated rings. The second-order valence-electron chi connectivity index (χ2n) is 3.33. The maximum Gasteiger partial charge on any atom is 0.318 e. The third kappa shape index (κ3) is 3.95. The fourth-order valence-corrected chi connectivity index (χ4v) is 1.24. The standard InChI is InChI=1S/C11H14N2O5/c1-17-8-3-2-7(5-14)9(4-8)18-6-10(15)13-11(12)16/h2-4,14H,5-6H2,1H3,(H3,12,13,15,16). The summed E-state index contributed by atoms with van der Waals surface area (Å²) in [6, 6.07) is 3.85. The van der Waals surface area contributed by atoms with Crippen LogP contribution in [0, 0.1) is 0 Å². The molecule has 0 saturated heterocycles. The van der Waals surface area contributed by atoms with E-state index in [9.17, 15) is 9.59 Å². The molecule has 0 radical (unpaired) electrons. The van der Waals surface area contributed by atoms with E-state index in [4.69, 9.17) is 20.3 Å². The molecule has 1 aromatic carbocycles. The Morgan fingerprint density at radius 1 is 1.44 bits per heavy atom. The summed E-state index contributed by atoms with van der Waals surface area (Å²) < 4.78 is 10.2. The number of primary amides is 1. The molecule has 18 heavy (non-hydrogen) atoms. The molecule has 0 aliphatic rings. The Labute approximate surface area is 103 Å². The molecule has 0 unspecified atom stereocenters. The number of hydrogen-bond donors (Lipinski definition) is 3. The van der Waals surface area contributed by atoms with Crippen LogP contribution in [-0.2, 0) is 11.4 Å². The largest absolute Gasteiger partial charge is 0.497 e. The second kappa shape index (κ2) is 6.45. The number of nitrogens with two attached hydrogens (primary N) is 1. The summed E-state index contributed by atoms with van der Waals surface area (Å²) in [5, 5.41) is 11.0. The zero-order valence-corrected chi connectivity index (χ0v) is 9.80. The Kier molecular flexibility index (Phi) is 4.94. The number of aliphatic hydroxyl groups is 1. The average molecular weight is 254 g/mol. The smallest absolute Gasteiger partial charge is 0.318 e. The molecule has 0 atom stereocenters. The molecule has 0 aliphatic carbocycles. The minimum atomic E-state index is -0.948. The summed E-state index contributed by atoms with van der Waals surface area (Å²) in [6.45, 7) is -0.625. The number of imide groups is 1. The fraction of sp³-hybridized carbons (Fsp3) is 0.273. The predicted molar refractivity (Wildman–Crippen MR) is 62.1 cm³/mol. The Hall–Kier alpha value is -2.28. The number of carbonyl (C=O) groups is 2. The first-order valence-electron chi connectivity index (χ1n) is 5.06. The Bertz CT molecular complexity index is 447. The van der Waals surface area contributed by atoms with Crippen molar-refractivity contribution in [1.29, 1.82) is 0 Å². The van der Waals surface area contributed by atoms with E-state index in [2.05, 4.69) is 0 Å². The lowest BCUT2D eigenvalue weighted by atomic mass is 10.2. The van der Waals surface area contributed by atoms with Crippen molar-refractivity contribution in [1.82, 2.24) is 5.32 Å². The van der Waals surface area contributed by atoms with Gasteiger partial charge in [0.25, 0.3) is 5.91 Å². The van der Waals surface area contributed by atoms with Gasteiger partial charge >= 0.3 is 6.03 Å². The van der Waals surface area contributed by atoms with Crippen molar-refractivity contribution in [2.75, 3.05) is 13.7 Å². The first-order valence-corrected chi connectivity index (χ1v) is 5.06. The number of hydrogen-bond acceptors (Lipinski definition) is 5. The Morgan fingerprint density at radius 3 is 2.72 bits per heavy atom. The van der Waals surface area contributed by atoms with Crippen molar-refractivity contribution in [2.24, 2.45) is 5.73 Å². The summed E-state index contributed by atoms with van der Waals surface area (Å²) in [5.41, 5.74) is 5.28. The van der Waals surface area contributed by atoms with Gasteiger partial charge in [0.05, 0.1) is 13.7 Å². The van der Waals surface area contributed by atoms with E-state index in [1.165, 1.54) is 13.2 Å². The van der Waals surface area contributed by atoms with Crippen LogP contribution in [0.2, 0.25) is 0 Å². The fourth-order valence-electron chi connectivity index (χ4n) is 1.24. The van der Waals surface area contributed by atoms with Crippen LogP contribution in [0.5, 0.6) is 11.5 Å². The molecular weight excluding hydrogens is 240 g/mol. The van der Waals surface area contributed by atoms with E-state index in [0.29, 0.717) is 17.1 Å². The molecule has 0 aromatic heterocycles. The molecule has 0 saturated carbocycles. The number of amides is 3. The highest BCUT2D eigenvalue weighted by molar-refractivity contribution is 5.94. The normalized spacial score (nSPS) is 9.67. The van der Waals surface area contributed by atoms with Gasteiger partial charge in [-0.1, -0.05) is 0 Å². The van der Waals surface area contributed by atoms with E-state index in [1.54, 1.807) is 12.1 Å². The molecule has 7 heteroatoms. The third-order valence-electron chi connectivity index (χ3n) is 2.07. The Morgan fingerprint density at radius 2 is 2.17 bits per heavy atom. The number of benzene rings is 1. The SMILES string of the molecule is COc1ccc(CO)c(OCC(=O)NC(N)=O)c1. The van der Waals surface area contributed by atoms with Crippen LogP contribution < -0.4 is 20.5 Å². The first-order chi connectivity index (χ1) is 8.56. The highest BCUT2D eigenvalue weighted by Crippen LogP contribution is 2.24. The van der Waals surface area contributed by atoms with Crippen LogP contribution >= 0.6 is 0 Å². The lowest BCUT2D eigenvalue weighted by Crippen LogP contribution is -2.38. The van der Waals surface area contributed by atoms with Crippen LogP contribution in [0.1, 0.15) is 5.56 Å². The van der Waals surface area contributed by atoms with Gasteiger partial charge in [-0.15, -0.1) is 0 Å². The molecule has 1 aromatic rings. The Balaban J connectivity index is 2.70. The maximum absolute atomic E-state index is 11.2. The van der Waals surface area contributed by atoms with Crippen molar-refractivity contribution in [3.8, 4) is 11.5 Å². The van der Waals surface area contributed by atoms with Crippen molar-refractivity contribution >= 4 is 11.9 Å². The molecule has 0 aliphatic heterocycles. The molecule has 1 rings (SSSR count). The molecule has 3 amide bonds. The number of urea groups is 1. The van der Waals surface area contributed by atoms with Gasteiger partial charge in [0, 0.05) is 11.6 Å². The van der Waals surface area contributed by atoms with Crippen molar-refractivity contribution in [2.45, 2.75) is 6.61 Å². The van der Waals surface area contributed by atoms with E-state index >= 15 is 0 Å². The highest BCUT2D eigenvalue weighted by atomic mass is 16.5. The van der Waals surface area contributed by atoms with E-state index in [-0.39, 0.29) is 13.2 Å².